The number of aliphatic hydroxyl groups is 1. The molecule has 18 heavy (non-hydrogen) atoms. The maximum absolute atomic E-state index is 11.8. The summed E-state index contributed by atoms with van der Waals surface area (Å²) in [5, 5.41) is 21.8. The lowest BCUT2D eigenvalue weighted by Crippen LogP contribution is -2.32. The fourth-order valence-corrected chi connectivity index (χ4v) is 1.93. The van der Waals surface area contributed by atoms with E-state index in [1.807, 2.05) is 36.4 Å². The number of carbonyl (C=O) groups is 1. The lowest BCUT2D eigenvalue weighted by Gasteiger charge is -2.14. The molecule has 1 unspecified atom stereocenters. The SMILES string of the molecule is CC(C)CC(O)CNC(=O)c1ccc(I)c(O)c1. The number of phenols is 1. The summed E-state index contributed by atoms with van der Waals surface area (Å²) < 4.78 is 0.698. The van der Waals surface area contributed by atoms with E-state index in [4.69, 9.17) is 0 Å². The first kappa shape index (κ1) is 15.2. The number of amides is 1. The molecular formula is C13H18INO3. The predicted molar refractivity (Wildman–Crippen MR) is 78.6 cm³/mol. The van der Waals surface area contributed by atoms with E-state index >= 15 is 0 Å². The van der Waals surface area contributed by atoms with E-state index in [9.17, 15) is 15.0 Å². The molecular weight excluding hydrogens is 345 g/mol. The fraction of sp³-hybridized carbons (Fsp3) is 0.462. The van der Waals surface area contributed by atoms with Gasteiger partial charge in [-0.2, -0.15) is 0 Å². The third-order valence-electron chi connectivity index (χ3n) is 2.45. The molecule has 4 nitrogen and oxygen atoms in total. The molecule has 1 rings (SSSR count). The summed E-state index contributed by atoms with van der Waals surface area (Å²) in [5.74, 6) is 0.190. The molecule has 0 aliphatic heterocycles. The Balaban J connectivity index is 2.52. The molecule has 0 fully saturated rings. The van der Waals surface area contributed by atoms with Crippen LogP contribution in [0, 0.1) is 9.49 Å². The zero-order valence-electron chi connectivity index (χ0n) is 10.5. The largest absolute Gasteiger partial charge is 0.507 e. The topological polar surface area (TPSA) is 69.6 Å². The molecule has 0 aliphatic carbocycles. The highest BCUT2D eigenvalue weighted by atomic mass is 127. The molecule has 5 heteroatoms. The zero-order valence-corrected chi connectivity index (χ0v) is 12.6. The molecule has 0 aliphatic rings. The minimum absolute atomic E-state index is 0.0889. The number of carbonyl (C=O) groups excluding carboxylic acids is 1. The van der Waals surface area contributed by atoms with Crippen molar-refractivity contribution in [1.82, 2.24) is 5.32 Å². The Morgan fingerprint density at radius 1 is 1.44 bits per heavy atom. The maximum Gasteiger partial charge on any atom is 0.251 e. The van der Waals surface area contributed by atoms with Gasteiger partial charge in [0.25, 0.3) is 5.91 Å². The number of halogens is 1. The van der Waals surface area contributed by atoms with Crippen LogP contribution in [-0.2, 0) is 0 Å². The third kappa shape index (κ3) is 4.81. The van der Waals surface area contributed by atoms with Gasteiger partial charge in [0.2, 0.25) is 0 Å². The molecule has 1 amide bonds. The van der Waals surface area contributed by atoms with Crippen molar-refractivity contribution in [3.63, 3.8) is 0 Å². The van der Waals surface area contributed by atoms with E-state index < -0.39 is 6.10 Å². The number of rotatable bonds is 5. The van der Waals surface area contributed by atoms with Gasteiger partial charge < -0.3 is 15.5 Å². The van der Waals surface area contributed by atoms with Crippen LogP contribution < -0.4 is 5.32 Å². The average Bonchev–Trinajstić information content (AvgIpc) is 2.28. The Kier molecular flexibility index (Phi) is 5.87. The van der Waals surface area contributed by atoms with Gasteiger partial charge in [-0.3, -0.25) is 4.79 Å². The van der Waals surface area contributed by atoms with Gasteiger partial charge in [-0.1, -0.05) is 13.8 Å². The zero-order chi connectivity index (χ0) is 13.7. The molecule has 1 atom stereocenters. The van der Waals surface area contributed by atoms with Gasteiger partial charge in [0.1, 0.15) is 5.75 Å². The van der Waals surface area contributed by atoms with Gasteiger partial charge in [-0.25, -0.2) is 0 Å². The molecule has 3 N–H and O–H groups in total. The van der Waals surface area contributed by atoms with Crippen molar-refractivity contribution in [2.45, 2.75) is 26.4 Å². The van der Waals surface area contributed by atoms with Crippen LogP contribution in [0.25, 0.3) is 0 Å². The number of benzene rings is 1. The monoisotopic (exact) mass is 363 g/mol. The smallest absolute Gasteiger partial charge is 0.251 e. The summed E-state index contributed by atoms with van der Waals surface area (Å²) >= 11 is 1.99. The minimum Gasteiger partial charge on any atom is -0.507 e. The lowest BCUT2D eigenvalue weighted by atomic mass is 10.1. The minimum atomic E-state index is -0.536. The van der Waals surface area contributed by atoms with Gasteiger partial charge in [0.15, 0.2) is 0 Å². The highest BCUT2D eigenvalue weighted by molar-refractivity contribution is 14.1. The second kappa shape index (κ2) is 6.94. The Hall–Kier alpha value is -0.820. The number of hydrogen-bond donors (Lipinski definition) is 3. The number of hydrogen-bond acceptors (Lipinski definition) is 3. The molecule has 1 aromatic rings. The van der Waals surface area contributed by atoms with Crippen LogP contribution in [0.15, 0.2) is 18.2 Å². The van der Waals surface area contributed by atoms with E-state index in [-0.39, 0.29) is 18.2 Å². The maximum atomic E-state index is 11.8. The molecule has 0 saturated carbocycles. The first-order valence-electron chi connectivity index (χ1n) is 5.85. The van der Waals surface area contributed by atoms with Crippen molar-refractivity contribution in [2.24, 2.45) is 5.92 Å². The summed E-state index contributed by atoms with van der Waals surface area (Å²) in [6, 6.07) is 4.74. The summed E-state index contributed by atoms with van der Waals surface area (Å²) in [4.78, 5) is 11.8. The molecule has 1 aromatic carbocycles. The average molecular weight is 363 g/mol. The number of aromatic hydroxyl groups is 1. The van der Waals surface area contributed by atoms with Crippen LogP contribution in [0.3, 0.4) is 0 Å². The first-order valence-corrected chi connectivity index (χ1v) is 6.92. The van der Waals surface area contributed by atoms with Gasteiger partial charge in [-0.05, 0) is 53.1 Å². The predicted octanol–water partition coefficient (Wildman–Crippen LogP) is 2.13. The summed E-state index contributed by atoms with van der Waals surface area (Å²) in [5.41, 5.74) is 0.393. The van der Waals surface area contributed by atoms with Gasteiger partial charge >= 0.3 is 0 Å². The summed E-state index contributed by atoms with van der Waals surface area (Å²) in [6.07, 6.45) is 0.115. The van der Waals surface area contributed by atoms with E-state index in [1.54, 1.807) is 12.1 Å². The van der Waals surface area contributed by atoms with Crippen molar-refractivity contribution >= 4 is 28.5 Å². The van der Waals surface area contributed by atoms with E-state index in [0.717, 1.165) is 0 Å². The summed E-state index contributed by atoms with van der Waals surface area (Å²) in [6.45, 7) is 4.26. The molecule has 0 radical (unpaired) electrons. The van der Waals surface area contributed by atoms with Crippen LogP contribution in [0.1, 0.15) is 30.6 Å². The van der Waals surface area contributed by atoms with E-state index in [0.29, 0.717) is 21.5 Å². The molecule has 0 spiro atoms. The van der Waals surface area contributed by atoms with E-state index in [1.165, 1.54) is 6.07 Å². The molecule has 0 saturated heterocycles. The second-order valence-corrected chi connectivity index (χ2v) is 5.82. The van der Waals surface area contributed by atoms with Crippen LogP contribution >= 0.6 is 22.6 Å². The van der Waals surface area contributed by atoms with Crippen molar-refractivity contribution < 1.29 is 15.0 Å². The normalized spacial score (nSPS) is 12.5. The van der Waals surface area contributed by atoms with Crippen LogP contribution in [-0.4, -0.2) is 28.8 Å². The number of aliphatic hydroxyl groups excluding tert-OH is 1. The van der Waals surface area contributed by atoms with Gasteiger partial charge in [0.05, 0.1) is 9.67 Å². The van der Waals surface area contributed by atoms with Crippen LogP contribution in [0.5, 0.6) is 5.75 Å². The Morgan fingerprint density at radius 2 is 2.11 bits per heavy atom. The summed E-state index contributed by atoms with van der Waals surface area (Å²) in [7, 11) is 0. The number of phenolic OH excluding ortho intramolecular Hbond substituents is 1. The quantitative estimate of drug-likeness (QED) is 0.702. The standard InChI is InChI=1S/C13H18INO3/c1-8(2)5-10(16)7-15-13(18)9-3-4-11(14)12(17)6-9/h3-4,6,8,10,16-17H,5,7H2,1-2H3,(H,15,18). The van der Waals surface area contributed by atoms with Crippen LogP contribution in [0.2, 0.25) is 0 Å². The Bertz CT molecular complexity index is 421. The lowest BCUT2D eigenvalue weighted by molar-refractivity contribution is 0.0900. The second-order valence-electron chi connectivity index (χ2n) is 4.66. The van der Waals surface area contributed by atoms with Crippen molar-refractivity contribution in [1.29, 1.82) is 0 Å². The molecule has 100 valence electrons. The Labute approximate surface area is 121 Å². The molecule has 0 bridgehead atoms. The highest BCUT2D eigenvalue weighted by Crippen LogP contribution is 2.20. The van der Waals surface area contributed by atoms with Crippen molar-refractivity contribution in [3.05, 3.63) is 27.3 Å². The highest BCUT2D eigenvalue weighted by Gasteiger charge is 2.11. The molecule has 0 heterocycles. The third-order valence-corrected chi connectivity index (χ3v) is 3.36. The molecule has 0 aromatic heterocycles. The van der Waals surface area contributed by atoms with Gasteiger partial charge in [-0.15, -0.1) is 0 Å². The van der Waals surface area contributed by atoms with E-state index in [2.05, 4.69) is 5.32 Å². The van der Waals surface area contributed by atoms with Crippen molar-refractivity contribution in [3.8, 4) is 5.75 Å². The fourth-order valence-electron chi connectivity index (χ4n) is 1.59. The Morgan fingerprint density at radius 3 is 2.67 bits per heavy atom. The van der Waals surface area contributed by atoms with Crippen molar-refractivity contribution in [2.75, 3.05) is 6.54 Å². The van der Waals surface area contributed by atoms with Gasteiger partial charge in [0, 0.05) is 12.1 Å². The van der Waals surface area contributed by atoms with Crippen LogP contribution in [0.4, 0.5) is 0 Å². The number of nitrogens with one attached hydrogen (secondary N) is 1. The first-order chi connectivity index (χ1) is 8.40.